The van der Waals surface area contributed by atoms with Gasteiger partial charge in [0.15, 0.2) is 0 Å². The van der Waals surface area contributed by atoms with Gasteiger partial charge in [-0.15, -0.1) is 0 Å². The van der Waals surface area contributed by atoms with Crippen molar-refractivity contribution in [1.29, 1.82) is 0 Å². The number of esters is 1. The summed E-state index contributed by atoms with van der Waals surface area (Å²) in [5, 5.41) is 9.57. The van der Waals surface area contributed by atoms with Gasteiger partial charge in [-0.3, -0.25) is 4.79 Å². The molecule has 0 aliphatic carbocycles. The summed E-state index contributed by atoms with van der Waals surface area (Å²) < 4.78 is 4.88. The quantitative estimate of drug-likeness (QED) is 0.521. The maximum atomic E-state index is 11.1. The van der Waals surface area contributed by atoms with Crippen molar-refractivity contribution in [2.24, 2.45) is 11.8 Å². The second kappa shape index (κ2) is 3.90. The van der Waals surface area contributed by atoms with Crippen LogP contribution < -0.4 is 0 Å². The van der Waals surface area contributed by atoms with Crippen LogP contribution in [-0.4, -0.2) is 16.9 Å². The zero-order chi connectivity index (χ0) is 9.94. The zero-order valence-corrected chi connectivity index (χ0v) is 8.42. The number of rotatable bonds is 3. The molecule has 0 rings (SSSR count). The Morgan fingerprint density at radius 2 is 1.75 bits per heavy atom. The number of carbonyl (C=O) groups is 1. The van der Waals surface area contributed by atoms with Crippen molar-refractivity contribution in [2.75, 3.05) is 0 Å². The van der Waals surface area contributed by atoms with Crippen molar-refractivity contribution in [3.8, 4) is 0 Å². The summed E-state index contributed by atoms with van der Waals surface area (Å²) in [7, 11) is 0. The van der Waals surface area contributed by atoms with Gasteiger partial charge in [-0.25, -0.2) is 0 Å². The van der Waals surface area contributed by atoms with E-state index in [9.17, 15) is 9.90 Å². The molecule has 0 aromatic carbocycles. The third kappa shape index (κ3) is 3.22. The van der Waals surface area contributed by atoms with E-state index in [0.717, 1.165) is 0 Å². The van der Waals surface area contributed by atoms with E-state index in [1.54, 1.807) is 27.7 Å². The van der Waals surface area contributed by atoms with Crippen molar-refractivity contribution >= 4 is 5.97 Å². The lowest BCUT2D eigenvalue weighted by Crippen LogP contribution is -2.38. The van der Waals surface area contributed by atoms with Crippen LogP contribution in [0.25, 0.3) is 0 Å². The van der Waals surface area contributed by atoms with Crippen LogP contribution in [-0.2, 0) is 9.53 Å². The minimum Gasteiger partial charge on any atom is -0.433 e. The Morgan fingerprint density at radius 3 is 2.00 bits per heavy atom. The fraction of sp³-hybridized carbons (Fsp3) is 0.889. The predicted octanol–water partition coefficient (Wildman–Crippen LogP) is 1.55. The van der Waals surface area contributed by atoms with Crippen molar-refractivity contribution in [2.45, 2.75) is 40.4 Å². The van der Waals surface area contributed by atoms with Crippen molar-refractivity contribution in [3.05, 3.63) is 0 Å². The van der Waals surface area contributed by atoms with Crippen LogP contribution in [0.1, 0.15) is 34.6 Å². The van der Waals surface area contributed by atoms with Crippen LogP contribution in [0.15, 0.2) is 0 Å². The van der Waals surface area contributed by atoms with Gasteiger partial charge < -0.3 is 9.84 Å². The Balaban J connectivity index is 4.15. The van der Waals surface area contributed by atoms with Gasteiger partial charge in [-0.2, -0.15) is 0 Å². The van der Waals surface area contributed by atoms with Crippen molar-refractivity contribution in [3.63, 3.8) is 0 Å². The van der Waals surface area contributed by atoms with Crippen LogP contribution in [0, 0.1) is 11.8 Å². The molecule has 0 aromatic rings. The van der Waals surface area contributed by atoms with E-state index in [0.29, 0.717) is 0 Å². The molecule has 0 bridgehead atoms. The molecule has 0 amide bonds. The zero-order valence-electron chi connectivity index (χ0n) is 8.42. The molecule has 3 nitrogen and oxygen atoms in total. The fourth-order valence-electron chi connectivity index (χ4n) is 0.439. The van der Waals surface area contributed by atoms with Gasteiger partial charge in [-0.1, -0.05) is 27.7 Å². The normalized spacial score (nSPS) is 16.3. The Morgan fingerprint density at radius 1 is 1.33 bits per heavy atom. The number of aliphatic hydroxyl groups is 1. The third-order valence-electron chi connectivity index (χ3n) is 1.85. The lowest BCUT2D eigenvalue weighted by Gasteiger charge is -2.28. The first-order valence-electron chi connectivity index (χ1n) is 4.22. The van der Waals surface area contributed by atoms with Crippen LogP contribution >= 0.6 is 0 Å². The topological polar surface area (TPSA) is 46.5 Å². The van der Waals surface area contributed by atoms with E-state index < -0.39 is 5.79 Å². The summed E-state index contributed by atoms with van der Waals surface area (Å²) >= 11 is 0. The lowest BCUT2D eigenvalue weighted by molar-refractivity contribution is -0.221. The molecule has 1 unspecified atom stereocenters. The minimum atomic E-state index is -1.35. The summed E-state index contributed by atoms with van der Waals surface area (Å²) in [5.41, 5.74) is 0. The Bertz CT molecular complexity index is 159. The molecule has 72 valence electrons. The maximum absolute atomic E-state index is 11.1. The van der Waals surface area contributed by atoms with E-state index in [4.69, 9.17) is 4.74 Å². The number of carbonyl (C=O) groups excluding carboxylic acids is 1. The molecular weight excluding hydrogens is 156 g/mol. The molecular formula is C9H18O3. The summed E-state index contributed by atoms with van der Waals surface area (Å²) in [6, 6.07) is 0. The summed E-state index contributed by atoms with van der Waals surface area (Å²) in [6.45, 7) is 8.57. The first-order valence-corrected chi connectivity index (χ1v) is 4.22. The van der Waals surface area contributed by atoms with E-state index >= 15 is 0 Å². The first-order chi connectivity index (χ1) is 5.27. The maximum Gasteiger partial charge on any atom is 0.310 e. The highest BCUT2D eigenvalue weighted by atomic mass is 16.7. The van der Waals surface area contributed by atoms with Gasteiger partial charge >= 0.3 is 5.97 Å². The molecule has 0 spiro atoms. The molecule has 0 aromatic heterocycles. The average molecular weight is 174 g/mol. The van der Waals surface area contributed by atoms with Crippen molar-refractivity contribution < 1.29 is 14.6 Å². The standard InChI is InChI=1S/C9H18O3/c1-6(2)8(10)12-9(5,11)7(3)4/h6-7,11H,1-5H3. The number of hydrogen-bond acceptors (Lipinski definition) is 3. The van der Waals surface area contributed by atoms with E-state index in [1.165, 1.54) is 6.92 Å². The summed E-state index contributed by atoms with van der Waals surface area (Å²) in [5.74, 6) is -2.01. The molecule has 0 heterocycles. The monoisotopic (exact) mass is 174 g/mol. The van der Waals surface area contributed by atoms with Gasteiger partial charge in [0.05, 0.1) is 5.92 Å². The molecule has 0 aliphatic rings. The largest absolute Gasteiger partial charge is 0.433 e. The molecule has 3 heteroatoms. The van der Waals surface area contributed by atoms with Gasteiger partial charge in [0.2, 0.25) is 5.79 Å². The molecule has 0 saturated carbocycles. The Labute approximate surface area is 73.7 Å². The van der Waals surface area contributed by atoms with Crippen molar-refractivity contribution in [1.82, 2.24) is 0 Å². The van der Waals surface area contributed by atoms with Gasteiger partial charge in [0.1, 0.15) is 0 Å². The molecule has 12 heavy (non-hydrogen) atoms. The molecule has 1 atom stereocenters. The number of ether oxygens (including phenoxy) is 1. The lowest BCUT2D eigenvalue weighted by atomic mass is 10.1. The number of hydrogen-bond donors (Lipinski definition) is 1. The molecule has 0 aliphatic heterocycles. The van der Waals surface area contributed by atoms with Crippen LogP contribution in [0.5, 0.6) is 0 Å². The SMILES string of the molecule is CC(C)C(=O)OC(C)(O)C(C)C. The first kappa shape index (κ1) is 11.4. The van der Waals surface area contributed by atoms with Crippen LogP contribution in [0.2, 0.25) is 0 Å². The second-order valence-corrected chi connectivity index (χ2v) is 3.79. The van der Waals surface area contributed by atoms with E-state index in [-0.39, 0.29) is 17.8 Å². The summed E-state index contributed by atoms with van der Waals surface area (Å²) in [6.07, 6.45) is 0. The molecule has 0 saturated heterocycles. The predicted molar refractivity (Wildman–Crippen MR) is 46.4 cm³/mol. The molecule has 1 N–H and O–H groups in total. The van der Waals surface area contributed by atoms with Gasteiger partial charge in [0, 0.05) is 12.8 Å². The minimum absolute atomic E-state index is 0.0970. The van der Waals surface area contributed by atoms with E-state index in [2.05, 4.69) is 0 Å². The molecule has 0 fully saturated rings. The Kier molecular flexibility index (Phi) is 3.71. The highest BCUT2D eigenvalue weighted by Gasteiger charge is 2.30. The second-order valence-electron chi connectivity index (χ2n) is 3.79. The fourth-order valence-corrected chi connectivity index (χ4v) is 0.439. The van der Waals surface area contributed by atoms with Crippen LogP contribution in [0.4, 0.5) is 0 Å². The van der Waals surface area contributed by atoms with Gasteiger partial charge in [0.25, 0.3) is 0 Å². The average Bonchev–Trinajstić information content (AvgIpc) is 1.85. The highest BCUT2D eigenvalue weighted by molar-refractivity contribution is 5.71. The smallest absolute Gasteiger partial charge is 0.310 e. The van der Waals surface area contributed by atoms with Crippen LogP contribution in [0.3, 0.4) is 0 Å². The molecule has 0 radical (unpaired) electrons. The third-order valence-corrected chi connectivity index (χ3v) is 1.85. The summed E-state index contributed by atoms with van der Waals surface area (Å²) in [4.78, 5) is 11.1. The van der Waals surface area contributed by atoms with E-state index in [1.807, 2.05) is 0 Å². The highest BCUT2D eigenvalue weighted by Crippen LogP contribution is 2.18. The van der Waals surface area contributed by atoms with Gasteiger partial charge in [-0.05, 0) is 0 Å². The Hall–Kier alpha value is -0.570.